The molecule has 0 unspecified atom stereocenters. The zero-order valence-electron chi connectivity index (χ0n) is 10.8. The maximum Gasteiger partial charge on any atom is 0.0895 e. The zero-order chi connectivity index (χ0) is 12.6. The Balaban J connectivity index is 1.59. The largest absolute Gasteiger partial charge is 0.396 e. The van der Waals surface area contributed by atoms with Crippen molar-refractivity contribution in [1.82, 2.24) is 19.4 Å². The minimum atomic E-state index is 0.329. The summed E-state index contributed by atoms with van der Waals surface area (Å²) in [6.07, 6.45) is 3.29. The predicted molar refractivity (Wildman–Crippen MR) is 72.6 cm³/mol. The summed E-state index contributed by atoms with van der Waals surface area (Å²) >= 11 is 1.43. The number of piperazine rings is 1. The first-order valence-electron chi connectivity index (χ1n) is 6.70. The van der Waals surface area contributed by atoms with E-state index in [9.17, 15) is 0 Å². The first-order chi connectivity index (χ1) is 8.88. The molecule has 0 radical (unpaired) electrons. The molecule has 2 heterocycles. The normalized spacial score (nSPS) is 18.3. The van der Waals surface area contributed by atoms with Crippen LogP contribution in [0.25, 0.3) is 0 Å². The molecule has 1 aliphatic rings. The molecule has 0 aliphatic carbocycles. The van der Waals surface area contributed by atoms with Crippen LogP contribution >= 0.6 is 11.5 Å². The Morgan fingerprint density at radius 3 is 2.56 bits per heavy atom. The average Bonchev–Trinajstić information content (AvgIpc) is 2.89. The molecule has 1 fully saturated rings. The van der Waals surface area contributed by atoms with Crippen LogP contribution in [0.2, 0.25) is 0 Å². The Hall–Kier alpha value is -0.560. The lowest BCUT2D eigenvalue weighted by atomic mass is 10.2. The highest BCUT2D eigenvalue weighted by molar-refractivity contribution is 7.03. The summed E-state index contributed by atoms with van der Waals surface area (Å²) < 4.78 is 3.89. The fourth-order valence-corrected chi connectivity index (χ4v) is 2.72. The van der Waals surface area contributed by atoms with Gasteiger partial charge in [0.15, 0.2) is 0 Å². The van der Waals surface area contributed by atoms with E-state index in [4.69, 9.17) is 5.11 Å². The first kappa shape index (κ1) is 13.9. The molecule has 0 amide bonds. The molecular formula is C12H22N4OS. The number of hydrogen-bond acceptors (Lipinski definition) is 6. The van der Waals surface area contributed by atoms with Crippen LogP contribution in [-0.2, 0) is 6.54 Å². The topological polar surface area (TPSA) is 52.5 Å². The Labute approximate surface area is 113 Å². The molecule has 1 N–H and O–H groups in total. The summed E-state index contributed by atoms with van der Waals surface area (Å²) in [5.41, 5.74) is 1.09. The maximum absolute atomic E-state index is 8.73. The Kier molecular flexibility index (Phi) is 5.99. The Bertz CT molecular complexity index is 312. The van der Waals surface area contributed by atoms with Gasteiger partial charge in [0, 0.05) is 44.7 Å². The van der Waals surface area contributed by atoms with E-state index in [2.05, 4.69) is 19.4 Å². The number of rotatable bonds is 7. The maximum atomic E-state index is 8.73. The van der Waals surface area contributed by atoms with Gasteiger partial charge >= 0.3 is 0 Å². The van der Waals surface area contributed by atoms with Gasteiger partial charge in [-0.05, 0) is 37.3 Å². The number of aromatic nitrogens is 2. The molecule has 0 bridgehead atoms. The van der Waals surface area contributed by atoms with Gasteiger partial charge in [-0.1, -0.05) is 4.49 Å². The minimum Gasteiger partial charge on any atom is -0.396 e. The van der Waals surface area contributed by atoms with E-state index in [1.54, 1.807) is 0 Å². The molecule has 0 spiro atoms. The van der Waals surface area contributed by atoms with Crippen LogP contribution in [0.1, 0.15) is 25.0 Å². The van der Waals surface area contributed by atoms with Crippen LogP contribution in [0.3, 0.4) is 0 Å². The molecule has 6 heteroatoms. The lowest BCUT2D eigenvalue weighted by Crippen LogP contribution is -2.46. The average molecular weight is 270 g/mol. The van der Waals surface area contributed by atoms with Gasteiger partial charge in [0.1, 0.15) is 0 Å². The van der Waals surface area contributed by atoms with Gasteiger partial charge in [-0.25, -0.2) is 0 Å². The van der Waals surface area contributed by atoms with Crippen molar-refractivity contribution in [3.63, 3.8) is 0 Å². The molecule has 1 saturated heterocycles. The summed E-state index contributed by atoms with van der Waals surface area (Å²) in [5.74, 6) is 0. The highest BCUT2D eigenvalue weighted by atomic mass is 32.1. The summed E-state index contributed by atoms with van der Waals surface area (Å²) in [7, 11) is 0. The van der Waals surface area contributed by atoms with Crippen molar-refractivity contribution in [2.24, 2.45) is 0 Å². The van der Waals surface area contributed by atoms with Crippen LogP contribution in [0.15, 0.2) is 5.38 Å². The summed E-state index contributed by atoms with van der Waals surface area (Å²) in [4.78, 5) is 4.97. The van der Waals surface area contributed by atoms with Gasteiger partial charge in [0.25, 0.3) is 0 Å². The van der Waals surface area contributed by atoms with Crippen LogP contribution in [0.5, 0.6) is 0 Å². The third-order valence-electron chi connectivity index (χ3n) is 3.39. The van der Waals surface area contributed by atoms with Crippen LogP contribution in [-0.4, -0.2) is 63.8 Å². The molecule has 0 saturated carbocycles. The minimum absolute atomic E-state index is 0.329. The van der Waals surface area contributed by atoms with Gasteiger partial charge in [0.2, 0.25) is 0 Å². The van der Waals surface area contributed by atoms with E-state index in [0.717, 1.165) is 51.3 Å². The standard InChI is InChI=1S/C12H22N4OS/c17-9-3-1-2-4-15-5-7-16(8-6-15)10-12-11-18-14-13-12/h11,17H,1-10H2. The van der Waals surface area contributed by atoms with Crippen molar-refractivity contribution in [1.29, 1.82) is 0 Å². The van der Waals surface area contributed by atoms with Gasteiger partial charge in [-0.15, -0.1) is 5.10 Å². The number of hydrogen-bond donors (Lipinski definition) is 1. The third-order valence-corrected chi connectivity index (χ3v) is 3.94. The van der Waals surface area contributed by atoms with Crippen molar-refractivity contribution < 1.29 is 5.11 Å². The monoisotopic (exact) mass is 270 g/mol. The molecule has 18 heavy (non-hydrogen) atoms. The number of aliphatic hydroxyl groups is 1. The SMILES string of the molecule is OCCCCCN1CCN(Cc2csnn2)CC1. The second-order valence-electron chi connectivity index (χ2n) is 4.80. The zero-order valence-corrected chi connectivity index (χ0v) is 11.6. The Morgan fingerprint density at radius 1 is 1.11 bits per heavy atom. The summed E-state index contributed by atoms with van der Waals surface area (Å²) in [6, 6.07) is 0. The molecule has 0 atom stereocenters. The van der Waals surface area contributed by atoms with Crippen molar-refractivity contribution >= 4 is 11.5 Å². The van der Waals surface area contributed by atoms with Gasteiger partial charge in [-0.2, -0.15) is 0 Å². The molecular weight excluding hydrogens is 248 g/mol. The molecule has 2 rings (SSSR count). The lowest BCUT2D eigenvalue weighted by Gasteiger charge is -2.34. The predicted octanol–water partition coefficient (Wildman–Crippen LogP) is 0.818. The second kappa shape index (κ2) is 7.78. The molecule has 102 valence electrons. The van der Waals surface area contributed by atoms with Crippen molar-refractivity contribution in [2.75, 3.05) is 39.3 Å². The Morgan fingerprint density at radius 2 is 1.89 bits per heavy atom. The van der Waals surface area contributed by atoms with Gasteiger partial charge in [0.05, 0.1) is 5.69 Å². The molecule has 1 aliphatic heterocycles. The van der Waals surface area contributed by atoms with Gasteiger partial charge in [-0.3, -0.25) is 4.90 Å². The van der Waals surface area contributed by atoms with Crippen molar-refractivity contribution in [2.45, 2.75) is 25.8 Å². The van der Waals surface area contributed by atoms with E-state index in [1.807, 2.05) is 5.38 Å². The first-order valence-corrected chi connectivity index (χ1v) is 7.53. The fraction of sp³-hybridized carbons (Fsp3) is 0.833. The van der Waals surface area contributed by atoms with Crippen molar-refractivity contribution in [3.05, 3.63) is 11.1 Å². The van der Waals surface area contributed by atoms with Crippen LogP contribution < -0.4 is 0 Å². The van der Waals surface area contributed by atoms with Crippen molar-refractivity contribution in [3.8, 4) is 0 Å². The summed E-state index contributed by atoms with van der Waals surface area (Å²) in [5, 5.41) is 14.8. The van der Waals surface area contributed by atoms with Gasteiger partial charge < -0.3 is 10.0 Å². The molecule has 1 aromatic rings. The number of unbranched alkanes of at least 4 members (excludes halogenated alkanes) is 2. The fourth-order valence-electron chi connectivity index (χ4n) is 2.28. The highest BCUT2D eigenvalue weighted by Gasteiger charge is 2.16. The van der Waals surface area contributed by atoms with Crippen LogP contribution in [0.4, 0.5) is 0 Å². The van der Waals surface area contributed by atoms with E-state index in [1.165, 1.54) is 24.5 Å². The molecule has 5 nitrogen and oxygen atoms in total. The van der Waals surface area contributed by atoms with E-state index < -0.39 is 0 Å². The third kappa shape index (κ3) is 4.61. The summed E-state index contributed by atoms with van der Waals surface area (Å²) in [6.45, 7) is 6.98. The molecule has 0 aromatic carbocycles. The smallest absolute Gasteiger partial charge is 0.0895 e. The number of aliphatic hydroxyl groups excluding tert-OH is 1. The highest BCUT2D eigenvalue weighted by Crippen LogP contribution is 2.08. The lowest BCUT2D eigenvalue weighted by molar-refractivity contribution is 0.124. The molecule has 1 aromatic heterocycles. The quantitative estimate of drug-likeness (QED) is 0.743. The van der Waals surface area contributed by atoms with E-state index in [0.29, 0.717) is 6.61 Å². The van der Waals surface area contributed by atoms with E-state index >= 15 is 0 Å². The van der Waals surface area contributed by atoms with E-state index in [-0.39, 0.29) is 0 Å². The van der Waals surface area contributed by atoms with Crippen LogP contribution in [0, 0.1) is 0 Å². The second-order valence-corrected chi connectivity index (χ2v) is 5.41. The number of nitrogens with zero attached hydrogens (tertiary/aromatic N) is 4.